The zero-order valence-electron chi connectivity index (χ0n) is 6.47. The molecule has 11 heavy (non-hydrogen) atoms. The second-order valence-electron chi connectivity index (χ2n) is 2.05. The molecule has 0 aromatic rings. The lowest BCUT2D eigenvalue weighted by Crippen LogP contribution is -2.38. The highest BCUT2D eigenvalue weighted by atomic mass is 16.3. The van der Waals surface area contributed by atoms with Crippen LogP contribution in [0.15, 0.2) is 0 Å². The Morgan fingerprint density at radius 3 is 2.55 bits per heavy atom. The zero-order chi connectivity index (χ0) is 8.53. The average Bonchev–Trinajstić information content (AvgIpc) is 2.01. The number of urea groups is 1. The molecule has 0 saturated heterocycles. The molecule has 0 aromatic carbocycles. The second-order valence-corrected chi connectivity index (χ2v) is 2.05. The summed E-state index contributed by atoms with van der Waals surface area (Å²) >= 11 is 0. The molecule has 0 bridgehead atoms. The van der Waals surface area contributed by atoms with Crippen molar-refractivity contribution in [3.63, 3.8) is 0 Å². The van der Waals surface area contributed by atoms with Gasteiger partial charge in [-0.2, -0.15) is 0 Å². The summed E-state index contributed by atoms with van der Waals surface area (Å²) in [6, 6.07) is -0.232. The number of hydrogen-bond acceptors (Lipinski definition) is 3. The smallest absolute Gasteiger partial charge is 0.314 e. The third kappa shape index (κ3) is 7.08. The molecule has 0 atom stereocenters. The lowest BCUT2D eigenvalue weighted by molar-refractivity contribution is 0.238. The standard InChI is InChI=1S/C6H15N3O2/c7-2-4-9-6(11)8-3-1-5-10/h10H,1-5,7H2,(H2,8,9,11). The van der Waals surface area contributed by atoms with Gasteiger partial charge in [0.2, 0.25) is 0 Å². The lowest BCUT2D eigenvalue weighted by atomic mass is 10.4. The van der Waals surface area contributed by atoms with E-state index in [9.17, 15) is 4.79 Å². The van der Waals surface area contributed by atoms with Crippen LogP contribution in [0, 0.1) is 0 Å². The first-order valence-electron chi connectivity index (χ1n) is 3.64. The van der Waals surface area contributed by atoms with Crippen molar-refractivity contribution in [2.45, 2.75) is 6.42 Å². The number of aliphatic hydroxyl groups is 1. The van der Waals surface area contributed by atoms with Crippen LogP contribution in [0.5, 0.6) is 0 Å². The van der Waals surface area contributed by atoms with E-state index in [0.29, 0.717) is 26.1 Å². The fourth-order valence-electron chi connectivity index (χ4n) is 0.529. The quantitative estimate of drug-likeness (QED) is 0.375. The molecule has 5 N–H and O–H groups in total. The number of aliphatic hydroxyl groups excluding tert-OH is 1. The minimum Gasteiger partial charge on any atom is -0.396 e. The molecule has 2 amide bonds. The van der Waals surface area contributed by atoms with E-state index >= 15 is 0 Å². The van der Waals surface area contributed by atoms with Crippen molar-refractivity contribution >= 4 is 6.03 Å². The van der Waals surface area contributed by atoms with Gasteiger partial charge in [0, 0.05) is 26.2 Å². The lowest BCUT2D eigenvalue weighted by Gasteiger charge is -2.04. The van der Waals surface area contributed by atoms with Gasteiger partial charge in [0.1, 0.15) is 0 Å². The number of amides is 2. The molecule has 0 rings (SSSR count). The molecule has 0 saturated carbocycles. The van der Waals surface area contributed by atoms with Gasteiger partial charge in [-0.25, -0.2) is 4.79 Å². The molecule has 0 fully saturated rings. The SMILES string of the molecule is NCCNC(=O)NCCCO. The third-order valence-electron chi connectivity index (χ3n) is 1.05. The zero-order valence-corrected chi connectivity index (χ0v) is 6.47. The highest BCUT2D eigenvalue weighted by molar-refractivity contribution is 5.73. The molecule has 0 aliphatic carbocycles. The van der Waals surface area contributed by atoms with Gasteiger partial charge in [0.05, 0.1) is 0 Å². The van der Waals surface area contributed by atoms with E-state index in [0.717, 1.165) is 0 Å². The maximum Gasteiger partial charge on any atom is 0.314 e. The Bertz CT molecular complexity index is 108. The summed E-state index contributed by atoms with van der Waals surface area (Å²) in [5, 5.41) is 13.5. The van der Waals surface area contributed by atoms with Crippen LogP contribution in [0.3, 0.4) is 0 Å². The first-order chi connectivity index (χ1) is 5.31. The van der Waals surface area contributed by atoms with Crippen LogP contribution in [0.4, 0.5) is 4.79 Å². The first-order valence-corrected chi connectivity index (χ1v) is 3.64. The molecule has 5 heteroatoms. The minimum atomic E-state index is -0.232. The molecule has 0 aliphatic rings. The van der Waals surface area contributed by atoms with Crippen molar-refractivity contribution < 1.29 is 9.90 Å². The molecule has 0 heterocycles. The third-order valence-corrected chi connectivity index (χ3v) is 1.05. The molecule has 0 spiro atoms. The summed E-state index contributed by atoms with van der Waals surface area (Å²) in [4.78, 5) is 10.7. The normalized spacial score (nSPS) is 9.27. The summed E-state index contributed by atoms with van der Waals surface area (Å²) in [7, 11) is 0. The number of nitrogens with two attached hydrogens (primary N) is 1. The van der Waals surface area contributed by atoms with Crippen LogP contribution in [0.2, 0.25) is 0 Å². The van der Waals surface area contributed by atoms with Crippen LogP contribution < -0.4 is 16.4 Å². The molecular formula is C6H15N3O2. The van der Waals surface area contributed by atoms with Crippen molar-refractivity contribution in [2.24, 2.45) is 5.73 Å². The highest BCUT2D eigenvalue weighted by Crippen LogP contribution is 1.71. The van der Waals surface area contributed by atoms with E-state index in [4.69, 9.17) is 10.8 Å². The van der Waals surface area contributed by atoms with E-state index in [1.807, 2.05) is 0 Å². The Hall–Kier alpha value is -0.810. The van der Waals surface area contributed by atoms with Gasteiger partial charge in [0.15, 0.2) is 0 Å². The summed E-state index contributed by atoms with van der Waals surface area (Å²) in [5.41, 5.74) is 5.15. The first kappa shape index (κ1) is 10.2. The molecule has 0 aromatic heterocycles. The number of rotatable bonds is 5. The predicted molar refractivity (Wildman–Crippen MR) is 42.2 cm³/mol. The summed E-state index contributed by atoms with van der Waals surface area (Å²) in [5.74, 6) is 0. The van der Waals surface area contributed by atoms with Gasteiger partial charge in [-0.1, -0.05) is 0 Å². The van der Waals surface area contributed by atoms with Crippen molar-refractivity contribution in [1.29, 1.82) is 0 Å². The van der Waals surface area contributed by atoms with Crippen LogP contribution >= 0.6 is 0 Å². The fourth-order valence-corrected chi connectivity index (χ4v) is 0.529. The maximum atomic E-state index is 10.7. The van der Waals surface area contributed by atoms with Crippen LogP contribution in [-0.2, 0) is 0 Å². The number of carbonyl (C=O) groups is 1. The van der Waals surface area contributed by atoms with Gasteiger partial charge >= 0.3 is 6.03 Å². The van der Waals surface area contributed by atoms with E-state index in [1.54, 1.807) is 0 Å². The maximum absolute atomic E-state index is 10.7. The van der Waals surface area contributed by atoms with Gasteiger partial charge in [-0.05, 0) is 6.42 Å². The van der Waals surface area contributed by atoms with Crippen molar-refractivity contribution in [1.82, 2.24) is 10.6 Å². The predicted octanol–water partition coefficient (Wildman–Crippen LogP) is -1.37. The van der Waals surface area contributed by atoms with Gasteiger partial charge < -0.3 is 21.5 Å². The molecular weight excluding hydrogens is 146 g/mol. The molecule has 0 unspecified atom stereocenters. The van der Waals surface area contributed by atoms with Gasteiger partial charge in [-0.15, -0.1) is 0 Å². The second kappa shape index (κ2) is 7.30. The topological polar surface area (TPSA) is 87.4 Å². The fraction of sp³-hybridized carbons (Fsp3) is 0.833. The average molecular weight is 161 g/mol. The van der Waals surface area contributed by atoms with Crippen LogP contribution in [-0.4, -0.2) is 37.4 Å². The van der Waals surface area contributed by atoms with Crippen LogP contribution in [0.1, 0.15) is 6.42 Å². The Balaban J connectivity index is 3.09. The van der Waals surface area contributed by atoms with Crippen molar-refractivity contribution in [2.75, 3.05) is 26.2 Å². The Morgan fingerprint density at radius 2 is 2.00 bits per heavy atom. The molecule has 5 nitrogen and oxygen atoms in total. The number of hydrogen-bond donors (Lipinski definition) is 4. The number of carbonyl (C=O) groups excluding carboxylic acids is 1. The van der Waals surface area contributed by atoms with Crippen molar-refractivity contribution in [3.05, 3.63) is 0 Å². The van der Waals surface area contributed by atoms with E-state index in [-0.39, 0.29) is 12.6 Å². The van der Waals surface area contributed by atoms with E-state index < -0.39 is 0 Å². The monoisotopic (exact) mass is 161 g/mol. The van der Waals surface area contributed by atoms with E-state index in [1.165, 1.54) is 0 Å². The molecule has 66 valence electrons. The van der Waals surface area contributed by atoms with Crippen molar-refractivity contribution in [3.8, 4) is 0 Å². The Labute approximate surface area is 66.0 Å². The van der Waals surface area contributed by atoms with Crippen LogP contribution in [0.25, 0.3) is 0 Å². The Kier molecular flexibility index (Phi) is 6.76. The molecule has 0 radical (unpaired) electrons. The number of nitrogens with one attached hydrogen (secondary N) is 2. The van der Waals surface area contributed by atoms with Gasteiger partial charge in [-0.3, -0.25) is 0 Å². The largest absolute Gasteiger partial charge is 0.396 e. The van der Waals surface area contributed by atoms with E-state index in [2.05, 4.69) is 10.6 Å². The Morgan fingerprint density at radius 1 is 1.36 bits per heavy atom. The van der Waals surface area contributed by atoms with Gasteiger partial charge in [0.25, 0.3) is 0 Å². The molecule has 0 aliphatic heterocycles. The summed E-state index contributed by atoms with van der Waals surface area (Å²) < 4.78 is 0. The highest BCUT2D eigenvalue weighted by Gasteiger charge is 1.95. The summed E-state index contributed by atoms with van der Waals surface area (Å²) in [6.07, 6.45) is 0.579. The summed E-state index contributed by atoms with van der Waals surface area (Å²) in [6.45, 7) is 1.50. The minimum absolute atomic E-state index is 0.0944.